The van der Waals surface area contributed by atoms with Crippen molar-refractivity contribution in [3.05, 3.63) is 0 Å². The first-order chi connectivity index (χ1) is 1.73. The Kier molecular flexibility index (Phi) is 11.0. The van der Waals surface area contributed by atoms with Crippen molar-refractivity contribution in [1.29, 1.82) is 0 Å². The molecule has 0 saturated heterocycles. The average Bonchev–Trinajstić information content (AvgIpc) is 0.811. The van der Waals surface area contributed by atoms with E-state index in [9.17, 15) is 4.39 Å². The van der Waals surface area contributed by atoms with Gasteiger partial charge < -0.3 is 0 Å². The molecule has 0 radical (unpaired) electrons. The molecule has 0 aliphatic rings. The minimum atomic E-state index is -4.44. The van der Waals surface area contributed by atoms with Crippen molar-refractivity contribution in [3.63, 3.8) is 0 Å². The fourth-order valence-electron chi connectivity index (χ4n) is 0. The molecule has 0 N–H and O–H groups in total. The Morgan fingerprint density at radius 3 is 1.00 bits per heavy atom. The van der Waals surface area contributed by atoms with Crippen LogP contribution in [0.5, 0.6) is 0 Å². The Balaban J connectivity index is 0. The van der Waals surface area contributed by atoms with Gasteiger partial charge in [0.25, 0.3) is 0 Å². The fourth-order valence-corrected chi connectivity index (χ4v) is 0. The summed E-state index contributed by atoms with van der Waals surface area (Å²) < 4.78 is 29.3. The van der Waals surface area contributed by atoms with E-state index in [0.29, 0.717) is 0 Å². The summed E-state index contributed by atoms with van der Waals surface area (Å²) in [5.41, 5.74) is 0. The van der Waals surface area contributed by atoms with Gasteiger partial charge in [0.15, 0.2) is 0 Å². The first-order valence-electron chi connectivity index (χ1n) is 0.293. The molecule has 0 spiro atoms. The molecule has 0 bridgehead atoms. The first kappa shape index (κ1) is 9.80. The molecule has 0 saturated carbocycles. The van der Waals surface area contributed by atoms with E-state index in [1.54, 1.807) is 0 Å². The minimum absolute atomic E-state index is 0. The first-order valence-corrected chi connectivity index (χ1v) is 2.17. The van der Waals surface area contributed by atoms with E-state index < -0.39 is 33.4 Å². The Hall–Kier alpha value is 1.62. The van der Waals surface area contributed by atoms with Crippen LogP contribution in [0.1, 0.15) is 0 Å². The molecule has 0 aromatic rings. The van der Waals surface area contributed by atoms with Crippen LogP contribution in [-0.4, -0.2) is 18.9 Å². The van der Waals surface area contributed by atoms with Crippen molar-refractivity contribution >= 4 is 18.9 Å². The van der Waals surface area contributed by atoms with Gasteiger partial charge >= 0.3 is 56.7 Å². The number of halogens is 3. The van der Waals surface area contributed by atoms with Crippen molar-refractivity contribution in [2.75, 3.05) is 0 Å². The normalized spacial score (nSPS) is 9.00. The molecule has 0 atom stereocenters. The molecule has 5 heavy (non-hydrogen) atoms. The number of hydrogen-bond acceptors (Lipinski definition) is 0. The predicted molar refractivity (Wildman–Crippen MR) is 10.5 cm³/mol. The quantitative estimate of drug-likeness (QED) is 0.544. The molecule has 0 aliphatic carbocycles. The van der Waals surface area contributed by atoms with Gasteiger partial charge in [0.05, 0.1) is 0 Å². The van der Waals surface area contributed by atoms with Gasteiger partial charge in [-0.1, -0.05) is 0 Å². The molecule has 0 nitrogen and oxygen atoms in total. The van der Waals surface area contributed by atoms with Crippen LogP contribution in [0.3, 0.4) is 0 Å². The predicted octanol–water partition coefficient (Wildman–Crippen LogP) is 0.612. The van der Waals surface area contributed by atoms with E-state index in [1.807, 2.05) is 0 Å². The maximum atomic E-state index is 9.78. The van der Waals surface area contributed by atoms with Gasteiger partial charge in [-0.2, -0.15) is 0 Å². The molecule has 0 aromatic carbocycles. The second kappa shape index (κ2) is 5.62. The molecule has 0 heterocycles. The summed E-state index contributed by atoms with van der Waals surface area (Å²) in [4.78, 5) is 0. The van der Waals surface area contributed by atoms with Crippen LogP contribution in [0.15, 0.2) is 0 Å². The Labute approximate surface area is 56.0 Å². The molecule has 0 unspecified atom stereocenters. The second-order valence-corrected chi connectivity index (χ2v) is 0.821. The topological polar surface area (TPSA) is 0 Å². The van der Waals surface area contributed by atoms with E-state index in [0.717, 1.165) is 0 Å². The van der Waals surface area contributed by atoms with Gasteiger partial charge in [-0.25, -0.2) is 0 Å². The van der Waals surface area contributed by atoms with Crippen molar-refractivity contribution in [3.8, 4) is 0 Å². The number of hydrogen-bond donors (Lipinski definition) is 0. The van der Waals surface area contributed by atoms with Crippen LogP contribution in [0.2, 0.25) is 0 Å². The van der Waals surface area contributed by atoms with Gasteiger partial charge in [-0.3, -0.25) is 0 Å². The van der Waals surface area contributed by atoms with E-state index in [2.05, 4.69) is 0 Å². The van der Waals surface area contributed by atoms with Gasteiger partial charge in [-0.15, -0.1) is 0 Å². The SMILES string of the molecule is [F][Lu]([F])[F].[LiH]. The van der Waals surface area contributed by atoms with Gasteiger partial charge in [0, 0.05) is 0 Å². The standard InChI is InChI=1S/3FH.Li.Lu.H/h3*1H;;;/q;;;;+3;/p-3. The molecule has 38 valence electrons. The second-order valence-electron chi connectivity index (χ2n) is 0.111. The van der Waals surface area contributed by atoms with Crippen LogP contribution in [0.25, 0.3) is 0 Å². The van der Waals surface area contributed by atoms with Crippen molar-refractivity contribution in [2.24, 2.45) is 0 Å². The van der Waals surface area contributed by atoms with Crippen LogP contribution in [0.4, 0.5) is 4.39 Å². The van der Waals surface area contributed by atoms with Crippen molar-refractivity contribution in [2.45, 2.75) is 0 Å². The Morgan fingerprint density at radius 1 is 1.00 bits per heavy atom. The zero-order valence-electron chi connectivity index (χ0n) is 1.39. The third-order valence-corrected chi connectivity index (χ3v) is 0. The molecular formula is HF3LiLu. The zero-order chi connectivity index (χ0) is 3.58. The van der Waals surface area contributed by atoms with Gasteiger partial charge in [0.2, 0.25) is 0 Å². The maximum absolute atomic E-state index is 9.78. The van der Waals surface area contributed by atoms with E-state index in [-0.39, 0.29) is 18.9 Å². The van der Waals surface area contributed by atoms with Crippen LogP contribution in [-0.2, 0) is 0 Å². The summed E-state index contributed by atoms with van der Waals surface area (Å²) in [5, 5.41) is 0. The Morgan fingerprint density at radius 2 is 1.00 bits per heavy atom. The summed E-state index contributed by atoms with van der Waals surface area (Å²) in [7, 11) is 0. The monoisotopic (exact) mass is 240 g/mol. The van der Waals surface area contributed by atoms with Gasteiger partial charge in [-0.05, 0) is 0 Å². The summed E-state index contributed by atoms with van der Waals surface area (Å²) in [6.07, 6.45) is 0. The van der Waals surface area contributed by atoms with Crippen LogP contribution in [0, 0.1) is 33.4 Å². The van der Waals surface area contributed by atoms with Crippen LogP contribution >= 0.6 is 0 Å². The molecule has 0 aliphatic heterocycles. The third kappa shape index (κ3) is 28.0. The fraction of sp³-hybridized carbons (Fsp3) is 0. The summed E-state index contributed by atoms with van der Waals surface area (Å²) in [6.45, 7) is 0. The van der Waals surface area contributed by atoms with Crippen molar-refractivity contribution < 1.29 is 37.8 Å². The number of rotatable bonds is 0. The molecule has 0 aromatic heterocycles. The Bertz CT molecular complexity index is 11.6. The van der Waals surface area contributed by atoms with Gasteiger partial charge in [0.1, 0.15) is 0 Å². The zero-order valence-corrected chi connectivity index (χ0v) is 3.05. The van der Waals surface area contributed by atoms with Crippen molar-refractivity contribution in [1.82, 2.24) is 0 Å². The molecule has 0 amide bonds. The third-order valence-electron chi connectivity index (χ3n) is 0. The molecular weight excluding hydrogens is 239 g/mol. The summed E-state index contributed by atoms with van der Waals surface area (Å²) >= 11 is -4.44. The van der Waals surface area contributed by atoms with E-state index >= 15 is 0 Å². The van der Waals surface area contributed by atoms with E-state index in [1.165, 1.54) is 0 Å². The van der Waals surface area contributed by atoms with E-state index in [4.69, 9.17) is 0 Å². The van der Waals surface area contributed by atoms with Crippen LogP contribution < -0.4 is 0 Å². The summed E-state index contributed by atoms with van der Waals surface area (Å²) in [5.74, 6) is 0. The summed E-state index contributed by atoms with van der Waals surface area (Å²) in [6, 6.07) is 0. The molecule has 0 rings (SSSR count). The molecule has 0 fully saturated rings. The molecule has 5 heteroatoms. The average molecular weight is 240 g/mol.